The predicted molar refractivity (Wildman–Crippen MR) is 83.8 cm³/mol. The van der Waals surface area contributed by atoms with E-state index in [1.807, 2.05) is 6.92 Å². The number of piperidine rings is 1. The zero-order valence-electron chi connectivity index (χ0n) is 13.8. The minimum atomic E-state index is 0.387. The molecule has 1 unspecified atom stereocenters. The molecule has 0 bridgehead atoms. The summed E-state index contributed by atoms with van der Waals surface area (Å²) in [6.45, 7) is 11.8. The minimum absolute atomic E-state index is 0.387. The normalized spacial score (nSPS) is 25.6. The van der Waals surface area contributed by atoms with Crippen LogP contribution in [0.25, 0.3) is 0 Å². The Morgan fingerprint density at radius 1 is 1.14 bits per heavy atom. The summed E-state index contributed by atoms with van der Waals surface area (Å²) in [6, 6.07) is 0. The van der Waals surface area contributed by atoms with Gasteiger partial charge in [-0.3, -0.25) is 4.90 Å². The lowest BCUT2D eigenvalue weighted by atomic mass is 9.93. The number of rotatable bonds is 5. The Balaban J connectivity index is 1.35. The van der Waals surface area contributed by atoms with Gasteiger partial charge in [0, 0.05) is 39.5 Å². The SMILES string of the molecule is Cc1nc(CC2CCN(CCN3CCOC(C)C3)CC2)no1. The Kier molecular flexibility index (Phi) is 5.44. The number of ether oxygens (including phenoxy) is 1. The van der Waals surface area contributed by atoms with Crippen LogP contribution in [0.2, 0.25) is 0 Å². The molecule has 1 atom stereocenters. The van der Waals surface area contributed by atoms with Crippen LogP contribution in [0.15, 0.2) is 4.52 Å². The highest BCUT2D eigenvalue weighted by molar-refractivity contribution is 4.88. The third-order valence-corrected chi connectivity index (χ3v) is 4.81. The van der Waals surface area contributed by atoms with Crippen molar-refractivity contribution in [2.45, 2.75) is 39.2 Å². The van der Waals surface area contributed by atoms with Crippen LogP contribution in [0.3, 0.4) is 0 Å². The lowest BCUT2D eigenvalue weighted by Crippen LogP contribution is -2.45. The summed E-state index contributed by atoms with van der Waals surface area (Å²) in [5.74, 6) is 2.25. The maximum Gasteiger partial charge on any atom is 0.223 e. The summed E-state index contributed by atoms with van der Waals surface area (Å²) in [5, 5.41) is 4.02. The molecule has 0 saturated carbocycles. The van der Waals surface area contributed by atoms with Gasteiger partial charge in [0.25, 0.3) is 0 Å². The Labute approximate surface area is 132 Å². The fraction of sp³-hybridized carbons (Fsp3) is 0.875. The first-order chi connectivity index (χ1) is 10.7. The Bertz CT molecular complexity index is 457. The molecule has 0 N–H and O–H groups in total. The van der Waals surface area contributed by atoms with E-state index in [1.54, 1.807) is 0 Å². The predicted octanol–water partition coefficient (Wildman–Crippen LogP) is 1.35. The smallest absolute Gasteiger partial charge is 0.223 e. The number of morpholine rings is 1. The molecule has 0 radical (unpaired) electrons. The first-order valence-corrected chi connectivity index (χ1v) is 8.54. The van der Waals surface area contributed by atoms with E-state index < -0.39 is 0 Å². The maximum absolute atomic E-state index is 5.60. The van der Waals surface area contributed by atoms with Crippen LogP contribution >= 0.6 is 0 Å². The standard InChI is InChI=1S/C16H28N4O2/c1-13-12-20(9-10-21-13)8-7-19-5-3-15(4-6-19)11-16-17-14(2)22-18-16/h13,15H,3-12H2,1-2H3. The summed E-state index contributed by atoms with van der Waals surface area (Å²) in [7, 11) is 0. The van der Waals surface area contributed by atoms with E-state index in [0.29, 0.717) is 17.9 Å². The fourth-order valence-electron chi connectivity index (χ4n) is 3.47. The van der Waals surface area contributed by atoms with Crippen molar-refractivity contribution in [3.8, 4) is 0 Å². The molecule has 2 fully saturated rings. The molecule has 0 amide bonds. The minimum Gasteiger partial charge on any atom is -0.376 e. The first-order valence-electron chi connectivity index (χ1n) is 8.54. The van der Waals surface area contributed by atoms with Gasteiger partial charge in [0.05, 0.1) is 12.7 Å². The van der Waals surface area contributed by atoms with Crippen molar-refractivity contribution in [3.63, 3.8) is 0 Å². The van der Waals surface area contributed by atoms with E-state index in [1.165, 1.54) is 39.0 Å². The highest BCUT2D eigenvalue weighted by Gasteiger charge is 2.22. The number of aryl methyl sites for hydroxylation is 1. The second-order valence-corrected chi connectivity index (χ2v) is 6.70. The van der Waals surface area contributed by atoms with Crippen LogP contribution in [0, 0.1) is 12.8 Å². The van der Waals surface area contributed by atoms with Gasteiger partial charge in [-0.05, 0) is 38.8 Å². The van der Waals surface area contributed by atoms with E-state index in [9.17, 15) is 0 Å². The first kappa shape index (κ1) is 15.9. The molecule has 3 heterocycles. The monoisotopic (exact) mass is 308 g/mol. The van der Waals surface area contributed by atoms with Crippen molar-refractivity contribution in [2.75, 3.05) is 45.9 Å². The molecule has 2 aliphatic heterocycles. The maximum atomic E-state index is 5.60. The number of likely N-dealkylation sites (tertiary alicyclic amines) is 1. The topological polar surface area (TPSA) is 54.6 Å². The molecule has 0 spiro atoms. The van der Waals surface area contributed by atoms with Gasteiger partial charge in [0.1, 0.15) is 0 Å². The molecule has 3 rings (SSSR count). The molecule has 124 valence electrons. The lowest BCUT2D eigenvalue weighted by Gasteiger charge is -2.35. The van der Waals surface area contributed by atoms with Crippen LogP contribution < -0.4 is 0 Å². The van der Waals surface area contributed by atoms with Crippen molar-refractivity contribution >= 4 is 0 Å². The molecule has 0 aromatic carbocycles. The summed E-state index contributed by atoms with van der Waals surface area (Å²) in [5.41, 5.74) is 0. The lowest BCUT2D eigenvalue weighted by molar-refractivity contribution is -0.0214. The van der Waals surface area contributed by atoms with Crippen LogP contribution in [0.1, 0.15) is 31.5 Å². The Morgan fingerprint density at radius 3 is 2.59 bits per heavy atom. The van der Waals surface area contributed by atoms with Crippen molar-refractivity contribution in [2.24, 2.45) is 5.92 Å². The van der Waals surface area contributed by atoms with Gasteiger partial charge in [-0.25, -0.2) is 0 Å². The number of nitrogens with zero attached hydrogens (tertiary/aromatic N) is 4. The van der Waals surface area contributed by atoms with Gasteiger partial charge in [0.2, 0.25) is 5.89 Å². The summed E-state index contributed by atoms with van der Waals surface area (Å²) < 4.78 is 10.7. The second kappa shape index (κ2) is 7.53. The third-order valence-electron chi connectivity index (χ3n) is 4.81. The van der Waals surface area contributed by atoms with Gasteiger partial charge < -0.3 is 14.2 Å². The van der Waals surface area contributed by atoms with Crippen LogP contribution in [0.5, 0.6) is 0 Å². The van der Waals surface area contributed by atoms with Crippen LogP contribution in [-0.4, -0.2) is 71.9 Å². The van der Waals surface area contributed by atoms with Gasteiger partial charge >= 0.3 is 0 Å². The highest BCUT2D eigenvalue weighted by atomic mass is 16.5. The number of hydrogen-bond acceptors (Lipinski definition) is 6. The van der Waals surface area contributed by atoms with Gasteiger partial charge in [-0.2, -0.15) is 4.98 Å². The van der Waals surface area contributed by atoms with E-state index >= 15 is 0 Å². The molecular weight excluding hydrogens is 280 g/mol. The van der Waals surface area contributed by atoms with Gasteiger partial charge in [-0.15, -0.1) is 0 Å². The van der Waals surface area contributed by atoms with Gasteiger partial charge in [0.15, 0.2) is 5.82 Å². The van der Waals surface area contributed by atoms with E-state index in [4.69, 9.17) is 9.26 Å². The summed E-state index contributed by atoms with van der Waals surface area (Å²) >= 11 is 0. The molecular formula is C16H28N4O2. The summed E-state index contributed by atoms with van der Waals surface area (Å²) in [6.07, 6.45) is 3.84. The second-order valence-electron chi connectivity index (χ2n) is 6.70. The molecule has 0 aliphatic carbocycles. The van der Waals surface area contributed by atoms with Crippen molar-refractivity contribution < 1.29 is 9.26 Å². The fourth-order valence-corrected chi connectivity index (χ4v) is 3.47. The zero-order chi connectivity index (χ0) is 15.4. The molecule has 22 heavy (non-hydrogen) atoms. The molecule has 2 saturated heterocycles. The zero-order valence-corrected chi connectivity index (χ0v) is 13.8. The Hall–Kier alpha value is -0.980. The van der Waals surface area contributed by atoms with Crippen molar-refractivity contribution in [1.82, 2.24) is 19.9 Å². The third kappa shape index (κ3) is 4.51. The van der Waals surface area contributed by atoms with Crippen LogP contribution in [-0.2, 0) is 11.2 Å². The quantitative estimate of drug-likeness (QED) is 0.818. The summed E-state index contributed by atoms with van der Waals surface area (Å²) in [4.78, 5) is 9.44. The number of hydrogen-bond donors (Lipinski definition) is 0. The number of aromatic nitrogens is 2. The molecule has 1 aromatic heterocycles. The molecule has 6 nitrogen and oxygen atoms in total. The Morgan fingerprint density at radius 2 is 1.91 bits per heavy atom. The van der Waals surface area contributed by atoms with E-state index in [2.05, 4.69) is 26.9 Å². The molecule has 6 heteroatoms. The van der Waals surface area contributed by atoms with E-state index in [-0.39, 0.29) is 0 Å². The average molecular weight is 308 g/mol. The van der Waals surface area contributed by atoms with Crippen LogP contribution in [0.4, 0.5) is 0 Å². The van der Waals surface area contributed by atoms with E-state index in [0.717, 1.165) is 31.9 Å². The largest absolute Gasteiger partial charge is 0.376 e. The molecule has 2 aliphatic rings. The van der Waals surface area contributed by atoms with Crippen molar-refractivity contribution in [3.05, 3.63) is 11.7 Å². The molecule has 1 aromatic rings. The highest BCUT2D eigenvalue weighted by Crippen LogP contribution is 2.20. The average Bonchev–Trinajstić information content (AvgIpc) is 2.92. The van der Waals surface area contributed by atoms with Crippen molar-refractivity contribution in [1.29, 1.82) is 0 Å². The van der Waals surface area contributed by atoms with Gasteiger partial charge in [-0.1, -0.05) is 5.16 Å².